The Morgan fingerprint density at radius 1 is 1.53 bits per heavy atom. The smallest absolute Gasteiger partial charge is 0.276 e. The summed E-state index contributed by atoms with van der Waals surface area (Å²) in [6, 6.07) is 0.982. The fourth-order valence-corrected chi connectivity index (χ4v) is 0.768. The van der Waals surface area contributed by atoms with Crippen molar-refractivity contribution in [2.24, 2.45) is 5.73 Å². The largest absolute Gasteiger partial charge is 0.368 e. The number of hydrogen-bond donors (Lipinski definition) is 2. The molecule has 0 saturated heterocycles. The van der Waals surface area contributed by atoms with E-state index in [9.17, 15) is 14.0 Å². The zero-order chi connectivity index (χ0) is 11.3. The second kappa shape index (κ2) is 5.01. The number of primary amides is 1. The minimum absolute atomic E-state index is 0.0144. The lowest BCUT2D eigenvalue weighted by Crippen LogP contribution is -2.29. The molecule has 0 radical (unpaired) electrons. The molecule has 1 aromatic heterocycles. The molecule has 0 saturated carbocycles. The first-order chi connectivity index (χ1) is 7.09. The van der Waals surface area contributed by atoms with Crippen molar-refractivity contribution >= 4 is 11.8 Å². The van der Waals surface area contributed by atoms with Gasteiger partial charge in [0.15, 0.2) is 6.61 Å². The lowest BCUT2D eigenvalue weighted by Gasteiger charge is -2.03. The third-order valence-corrected chi connectivity index (χ3v) is 1.35. The molecule has 0 aliphatic heterocycles. The molecule has 0 bridgehead atoms. The SMILES string of the molecule is NC(=O)CONC(=O)c1cncc(F)c1. The third kappa shape index (κ3) is 3.69. The normalized spacial score (nSPS) is 9.67. The maximum Gasteiger partial charge on any atom is 0.276 e. The number of amides is 2. The Morgan fingerprint density at radius 2 is 2.27 bits per heavy atom. The van der Waals surface area contributed by atoms with Gasteiger partial charge < -0.3 is 5.73 Å². The van der Waals surface area contributed by atoms with Gasteiger partial charge in [-0.15, -0.1) is 0 Å². The number of pyridine rings is 1. The van der Waals surface area contributed by atoms with Crippen molar-refractivity contribution in [2.45, 2.75) is 0 Å². The van der Waals surface area contributed by atoms with Crippen molar-refractivity contribution in [3.05, 3.63) is 29.8 Å². The highest BCUT2D eigenvalue weighted by Gasteiger charge is 2.07. The maximum absolute atomic E-state index is 12.6. The number of rotatable bonds is 4. The van der Waals surface area contributed by atoms with Crippen LogP contribution in [-0.2, 0) is 9.63 Å². The van der Waals surface area contributed by atoms with Crippen LogP contribution in [0.3, 0.4) is 0 Å². The van der Waals surface area contributed by atoms with Gasteiger partial charge in [0.25, 0.3) is 5.91 Å². The van der Waals surface area contributed by atoms with Gasteiger partial charge in [0, 0.05) is 6.20 Å². The summed E-state index contributed by atoms with van der Waals surface area (Å²) in [4.78, 5) is 29.3. The quantitative estimate of drug-likeness (QED) is 0.651. The molecule has 6 nitrogen and oxygen atoms in total. The summed E-state index contributed by atoms with van der Waals surface area (Å²) in [5.41, 5.74) is 6.65. The summed E-state index contributed by atoms with van der Waals surface area (Å²) >= 11 is 0. The summed E-state index contributed by atoms with van der Waals surface area (Å²) < 4.78 is 12.6. The van der Waals surface area contributed by atoms with Gasteiger partial charge in [-0.2, -0.15) is 0 Å². The number of nitrogens with zero attached hydrogens (tertiary/aromatic N) is 1. The first kappa shape index (κ1) is 11.1. The molecule has 0 aromatic carbocycles. The molecule has 80 valence electrons. The van der Waals surface area contributed by atoms with Crippen molar-refractivity contribution in [3.8, 4) is 0 Å². The van der Waals surface area contributed by atoms with E-state index >= 15 is 0 Å². The van der Waals surface area contributed by atoms with E-state index in [2.05, 4.69) is 9.82 Å². The first-order valence-corrected chi connectivity index (χ1v) is 3.90. The highest BCUT2D eigenvalue weighted by Crippen LogP contribution is 2.00. The molecule has 0 aliphatic rings. The average Bonchev–Trinajstić information content (AvgIpc) is 2.17. The predicted molar refractivity (Wildman–Crippen MR) is 46.8 cm³/mol. The van der Waals surface area contributed by atoms with Gasteiger partial charge in [0.05, 0.1) is 11.8 Å². The van der Waals surface area contributed by atoms with E-state index < -0.39 is 24.2 Å². The van der Waals surface area contributed by atoms with E-state index in [-0.39, 0.29) is 5.56 Å². The van der Waals surface area contributed by atoms with Crippen molar-refractivity contribution in [2.75, 3.05) is 6.61 Å². The lowest BCUT2D eigenvalue weighted by atomic mass is 10.3. The van der Waals surface area contributed by atoms with Gasteiger partial charge in [0.1, 0.15) is 5.82 Å². The molecule has 0 atom stereocenters. The number of carbonyl (C=O) groups is 2. The Hall–Kier alpha value is -2.02. The number of aromatic nitrogens is 1. The van der Waals surface area contributed by atoms with Crippen LogP contribution >= 0.6 is 0 Å². The maximum atomic E-state index is 12.6. The van der Waals surface area contributed by atoms with Crippen LogP contribution in [0.15, 0.2) is 18.5 Å². The monoisotopic (exact) mass is 213 g/mol. The van der Waals surface area contributed by atoms with E-state index in [0.29, 0.717) is 0 Å². The molecule has 0 fully saturated rings. The fourth-order valence-electron chi connectivity index (χ4n) is 0.768. The number of hydrogen-bond acceptors (Lipinski definition) is 4. The van der Waals surface area contributed by atoms with Gasteiger partial charge in [0.2, 0.25) is 5.91 Å². The van der Waals surface area contributed by atoms with Gasteiger partial charge in [-0.25, -0.2) is 9.87 Å². The predicted octanol–water partition coefficient (Wildman–Crippen LogP) is -0.633. The molecular weight excluding hydrogens is 205 g/mol. The zero-order valence-electron chi connectivity index (χ0n) is 7.57. The second-order valence-electron chi connectivity index (χ2n) is 2.58. The molecule has 3 N–H and O–H groups in total. The van der Waals surface area contributed by atoms with Crippen LogP contribution in [-0.4, -0.2) is 23.4 Å². The molecule has 2 amide bonds. The van der Waals surface area contributed by atoms with Crippen LogP contribution in [0.4, 0.5) is 4.39 Å². The third-order valence-electron chi connectivity index (χ3n) is 1.35. The van der Waals surface area contributed by atoms with E-state index in [1.807, 2.05) is 5.48 Å². The molecule has 0 spiro atoms. The summed E-state index contributed by atoms with van der Waals surface area (Å²) in [5, 5.41) is 0. The van der Waals surface area contributed by atoms with Crippen LogP contribution in [0, 0.1) is 5.82 Å². The Balaban J connectivity index is 2.50. The average molecular weight is 213 g/mol. The van der Waals surface area contributed by atoms with Gasteiger partial charge in [-0.3, -0.25) is 19.4 Å². The van der Waals surface area contributed by atoms with Crippen LogP contribution < -0.4 is 11.2 Å². The van der Waals surface area contributed by atoms with Crippen LogP contribution in [0.5, 0.6) is 0 Å². The molecular formula is C8H8FN3O3. The fraction of sp³-hybridized carbons (Fsp3) is 0.125. The summed E-state index contributed by atoms with van der Waals surface area (Å²) in [7, 11) is 0. The molecule has 0 unspecified atom stereocenters. The number of carbonyl (C=O) groups excluding carboxylic acids is 2. The molecule has 0 aliphatic carbocycles. The standard InChI is InChI=1S/C8H8FN3O3/c9-6-1-5(2-11-3-6)8(14)12-15-4-7(10)13/h1-3H,4H2,(H2,10,13)(H,12,14). The van der Waals surface area contributed by atoms with E-state index in [0.717, 1.165) is 18.5 Å². The van der Waals surface area contributed by atoms with Crippen molar-refractivity contribution < 1.29 is 18.8 Å². The summed E-state index contributed by atoms with van der Waals surface area (Å²) in [6.45, 7) is -0.450. The number of hydroxylamine groups is 1. The lowest BCUT2D eigenvalue weighted by molar-refractivity contribution is -0.124. The number of nitrogens with two attached hydrogens (primary N) is 1. The van der Waals surface area contributed by atoms with E-state index in [1.165, 1.54) is 0 Å². The highest BCUT2D eigenvalue weighted by atomic mass is 19.1. The highest BCUT2D eigenvalue weighted by molar-refractivity contribution is 5.93. The van der Waals surface area contributed by atoms with E-state index in [1.54, 1.807) is 0 Å². The molecule has 15 heavy (non-hydrogen) atoms. The Labute approximate surface area is 84.2 Å². The number of nitrogens with one attached hydrogen (secondary N) is 1. The molecule has 1 aromatic rings. The van der Waals surface area contributed by atoms with Gasteiger partial charge in [-0.05, 0) is 6.07 Å². The van der Waals surface area contributed by atoms with E-state index in [4.69, 9.17) is 5.73 Å². The first-order valence-electron chi connectivity index (χ1n) is 3.90. The minimum Gasteiger partial charge on any atom is -0.368 e. The van der Waals surface area contributed by atoms with Gasteiger partial charge in [-0.1, -0.05) is 0 Å². The minimum atomic E-state index is -0.729. The summed E-state index contributed by atoms with van der Waals surface area (Å²) in [6.07, 6.45) is 2.12. The molecule has 7 heteroatoms. The molecule has 1 rings (SSSR count). The van der Waals surface area contributed by atoms with Crippen molar-refractivity contribution in [1.82, 2.24) is 10.5 Å². The Bertz CT molecular complexity index is 383. The van der Waals surface area contributed by atoms with Crippen molar-refractivity contribution in [3.63, 3.8) is 0 Å². The van der Waals surface area contributed by atoms with Crippen LogP contribution in [0.2, 0.25) is 0 Å². The second-order valence-corrected chi connectivity index (χ2v) is 2.58. The van der Waals surface area contributed by atoms with Crippen LogP contribution in [0.25, 0.3) is 0 Å². The van der Waals surface area contributed by atoms with Gasteiger partial charge >= 0.3 is 0 Å². The molecule has 1 heterocycles. The Morgan fingerprint density at radius 3 is 2.87 bits per heavy atom. The van der Waals surface area contributed by atoms with Crippen LogP contribution in [0.1, 0.15) is 10.4 Å². The topological polar surface area (TPSA) is 94.3 Å². The summed E-state index contributed by atoms with van der Waals surface area (Å²) in [5.74, 6) is -2.08. The number of halogens is 1. The zero-order valence-corrected chi connectivity index (χ0v) is 7.57. The van der Waals surface area contributed by atoms with Crippen molar-refractivity contribution in [1.29, 1.82) is 0 Å². The Kier molecular flexibility index (Phi) is 3.69.